The number of likely N-dealkylation sites (tertiary alicyclic amines) is 1. The maximum atomic E-state index is 13.3. The van der Waals surface area contributed by atoms with Gasteiger partial charge < -0.3 is 9.64 Å². The van der Waals surface area contributed by atoms with Crippen LogP contribution in [-0.2, 0) is 4.74 Å². The van der Waals surface area contributed by atoms with Crippen molar-refractivity contribution in [2.75, 3.05) is 20.2 Å². The van der Waals surface area contributed by atoms with Crippen molar-refractivity contribution in [1.82, 2.24) is 24.9 Å². The summed E-state index contributed by atoms with van der Waals surface area (Å²) in [4.78, 5) is 33.3. The van der Waals surface area contributed by atoms with Gasteiger partial charge in [-0.3, -0.25) is 4.79 Å². The molecule has 4 rings (SSSR count). The van der Waals surface area contributed by atoms with Crippen LogP contribution in [0.25, 0.3) is 5.69 Å². The molecule has 31 heavy (non-hydrogen) atoms. The van der Waals surface area contributed by atoms with Crippen molar-refractivity contribution in [1.29, 1.82) is 0 Å². The van der Waals surface area contributed by atoms with Crippen molar-refractivity contribution in [2.24, 2.45) is 0 Å². The van der Waals surface area contributed by atoms with E-state index in [1.165, 1.54) is 23.7 Å². The van der Waals surface area contributed by atoms with Gasteiger partial charge in [-0.25, -0.2) is 9.78 Å². The Morgan fingerprint density at radius 3 is 2.68 bits per heavy atom. The fourth-order valence-corrected chi connectivity index (χ4v) is 5.03. The van der Waals surface area contributed by atoms with Crippen molar-refractivity contribution < 1.29 is 14.3 Å². The molecule has 1 amide bonds. The largest absolute Gasteiger partial charge is 0.465 e. The minimum Gasteiger partial charge on any atom is -0.465 e. The van der Waals surface area contributed by atoms with E-state index in [4.69, 9.17) is 4.74 Å². The smallest absolute Gasteiger partial charge is 0.340 e. The van der Waals surface area contributed by atoms with Crippen LogP contribution < -0.4 is 0 Å². The van der Waals surface area contributed by atoms with Gasteiger partial charge in [0.2, 0.25) is 0 Å². The molecule has 9 heteroatoms. The van der Waals surface area contributed by atoms with Gasteiger partial charge in [0, 0.05) is 24.5 Å². The molecule has 160 valence electrons. The lowest BCUT2D eigenvalue weighted by Gasteiger charge is -2.33. The molecule has 0 bridgehead atoms. The van der Waals surface area contributed by atoms with Gasteiger partial charge in [0.25, 0.3) is 5.91 Å². The van der Waals surface area contributed by atoms with Crippen LogP contribution in [-0.4, -0.2) is 62.2 Å². The molecule has 0 aliphatic carbocycles. The number of benzene rings is 1. The Bertz CT molecular complexity index is 1090. The first-order valence-electron chi connectivity index (χ1n) is 10.0. The summed E-state index contributed by atoms with van der Waals surface area (Å²) in [5.41, 5.74) is 2.54. The number of pyridine rings is 1. The maximum Gasteiger partial charge on any atom is 0.340 e. The van der Waals surface area contributed by atoms with E-state index in [0.29, 0.717) is 34.9 Å². The van der Waals surface area contributed by atoms with Gasteiger partial charge in [0.1, 0.15) is 5.03 Å². The predicted molar refractivity (Wildman–Crippen MR) is 116 cm³/mol. The van der Waals surface area contributed by atoms with Crippen LogP contribution in [0.3, 0.4) is 0 Å². The first kappa shape index (κ1) is 21.0. The maximum absolute atomic E-state index is 13.3. The van der Waals surface area contributed by atoms with Gasteiger partial charge in [0.05, 0.1) is 36.3 Å². The van der Waals surface area contributed by atoms with Crippen LogP contribution in [0, 0.1) is 6.92 Å². The number of thioether (sulfide) groups is 1. The SMILES string of the molecule is COC(=O)c1c(C)ccnc1SC1CCCN(C(=O)c2ccccc2-n2nccn2)C1. The standard InChI is InChI=1S/C22H23N5O3S/c1-15-9-10-23-20(19(15)22(29)30-2)31-16-6-5-13-26(14-16)21(28)17-7-3-4-8-18(17)27-24-11-12-25-27/h3-4,7-12,16H,5-6,13-14H2,1-2H3. The Morgan fingerprint density at radius 1 is 1.13 bits per heavy atom. The number of methoxy groups -OCH3 is 1. The summed E-state index contributed by atoms with van der Waals surface area (Å²) < 4.78 is 4.94. The zero-order valence-electron chi connectivity index (χ0n) is 17.4. The Labute approximate surface area is 184 Å². The van der Waals surface area contributed by atoms with Gasteiger partial charge in [-0.15, -0.1) is 11.8 Å². The highest BCUT2D eigenvalue weighted by Gasteiger charge is 2.29. The number of carbonyl (C=O) groups excluding carboxylic acids is 2. The van der Waals surface area contributed by atoms with Crippen LogP contribution in [0.2, 0.25) is 0 Å². The first-order chi connectivity index (χ1) is 15.1. The highest BCUT2D eigenvalue weighted by Crippen LogP contribution is 2.32. The van der Waals surface area contributed by atoms with E-state index < -0.39 is 5.97 Å². The van der Waals surface area contributed by atoms with Gasteiger partial charge in [-0.2, -0.15) is 15.0 Å². The lowest BCUT2D eigenvalue weighted by Crippen LogP contribution is -2.41. The van der Waals surface area contributed by atoms with Gasteiger partial charge in [0.15, 0.2) is 0 Å². The number of hydrogen-bond acceptors (Lipinski definition) is 7. The van der Waals surface area contributed by atoms with E-state index in [-0.39, 0.29) is 11.2 Å². The summed E-state index contributed by atoms with van der Waals surface area (Å²) in [6.07, 6.45) is 6.69. The molecule has 1 fully saturated rings. The summed E-state index contributed by atoms with van der Waals surface area (Å²) in [5, 5.41) is 9.11. The van der Waals surface area contributed by atoms with Gasteiger partial charge in [-0.05, 0) is 43.5 Å². The zero-order chi connectivity index (χ0) is 21.8. The summed E-state index contributed by atoms with van der Waals surface area (Å²) in [7, 11) is 1.37. The number of rotatable bonds is 5. The van der Waals surface area contributed by atoms with E-state index in [1.54, 1.807) is 30.7 Å². The molecule has 1 atom stereocenters. The monoisotopic (exact) mass is 437 g/mol. The third-order valence-electron chi connectivity index (χ3n) is 5.23. The van der Waals surface area contributed by atoms with E-state index >= 15 is 0 Å². The van der Waals surface area contributed by atoms with Crippen LogP contribution in [0.5, 0.6) is 0 Å². The molecule has 3 heterocycles. The third kappa shape index (κ3) is 4.46. The molecule has 1 aliphatic rings. The average molecular weight is 438 g/mol. The van der Waals surface area contributed by atoms with Gasteiger partial charge in [-0.1, -0.05) is 12.1 Å². The molecule has 0 spiro atoms. The quantitative estimate of drug-likeness (QED) is 0.566. The number of aryl methyl sites for hydroxylation is 1. The Morgan fingerprint density at radius 2 is 1.90 bits per heavy atom. The Kier molecular flexibility index (Phi) is 6.31. The topological polar surface area (TPSA) is 90.2 Å². The van der Waals surface area contributed by atoms with E-state index in [9.17, 15) is 9.59 Å². The minimum atomic E-state index is -0.391. The molecule has 8 nitrogen and oxygen atoms in total. The summed E-state index contributed by atoms with van der Waals surface area (Å²) in [6, 6.07) is 9.14. The molecule has 1 aromatic carbocycles. The fourth-order valence-electron chi connectivity index (χ4n) is 3.69. The molecular formula is C22H23N5O3S. The third-order valence-corrected chi connectivity index (χ3v) is 6.48. The second-order valence-electron chi connectivity index (χ2n) is 7.27. The highest BCUT2D eigenvalue weighted by molar-refractivity contribution is 8.00. The molecular weight excluding hydrogens is 414 g/mol. The molecule has 0 N–H and O–H groups in total. The summed E-state index contributed by atoms with van der Waals surface area (Å²) in [6.45, 7) is 3.12. The molecule has 0 radical (unpaired) electrons. The number of piperidine rings is 1. The number of amides is 1. The summed E-state index contributed by atoms with van der Waals surface area (Å²) >= 11 is 1.53. The minimum absolute atomic E-state index is 0.0522. The normalized spacial score (nSPS) is 16.2. The van der Waals surface area contributed by atoms with Crippen LogP contribution in [0.1, 0.15) is 39.1 Å². The number of nitrogens with zero attached hydrogens (tertiary/aromatic N) is 5. The van der Waals surface area contributed by atoms with Gasteiger partial charge >= 0.3 is 5.97 Å². The van der Waals surface area contributed by atoms with Crippen molar-refractivity contribution in [3.63, 3.8) is 0 Å². The van der Waals surface area contributed by atoms with E-state index in [0.717, 1.165) is 18.4 Å². The van der Waals surface area contributed by atoms with Crippen molar-refractivity contribution in [3.05, 3.63) is 65.6 Å². The van der Waals surface area contributed by atoms with Crippen molar-refractivity contribution >= 4 is 23.6 Å². The van der Waals surface area contributed by atoms with Crippen LogP contribution in [0.4, 0.5) is 0 Å². The fraction of sp³-hybridized carbons (Fsp3) is 0.318. The van der Waals surface area contributed by atoms with E-state index in [1.807, 2.05) is 30.0 Å². The zero-order valence-corrected chi connectivity index (χ0v) is 18.2. The number of para-hydroxylation sites is 1. The summed E-state index contributed by atoms with van der Waals surface area (Å²) in [5.74, 6) is -0.443. The molecule has 1 saturated heterocycles. The van der Waals surface area contributed by atoms with E-state index in [2.05, 4.69) is 15.2 Å². The van der Waals surface area contributed by atoms with Crippen LogP contribution in [0.15, 0.2) is 53.9 Å². The molecule has 1 unspecified atom stereocenters. The number of hydrogen-bond donors (Lipinski definition) is 0. The van der Waals surface area contributed by atoms with Crippen molar-refractivity contribution in [2.45, 2.75) is 30.0 Å². The number of esters is 1. The van der Waals surface area contributed by atoms with Crippen molar-refractivity contribution in [3.8, 4) is 5.69 Å². The predicted octanol–water partition coefficient (Wildman–Crippen LogP) is 3.15. The Hall–Kier alpha value is -3.20. The second kappa shape index (κ2) is 9.30. The number of carbonyl (C=O) groups is 2. The molecule has 2 aromatic heterocycles. The molecule has 3 aromatic rings. The second-order valence-corrected chi connectivity index (χ2v) is 8.56. The molecule has 0 saturated carbocycles. The average Bonchev–Trinajstić information content (AvgIpc) is 3.33. The lowest BCUT2D eigenvalue weighted by molar-refractivity contribution is 0.0594. The highest BCUT2D eigenvalue weighted by atomic mass is 32.2. The number of aromatic nitrogens is 4. The Balaban J connectivity index is 1.54. The van der Waals surface area contributed by atoms with Crippen LogP contribution >= 0.6 is 11.8 Å². The lowest BCUT2D eigenvalue weighted by atomic mass is 10.1. The first-order valence-corrected chi connectivity index (χ1v) is 10.9. The molecule has 1 aliphatic heterocycles. The number of ether oxygens (including phenoxy) is 1.